The molecule has 3 nitrogen and oxygen atoms in total. The Morgan fingerprint density at radius 1 is 1.05 bits per heavy atom. The highest BCUT2D eigenvalue weighted by atomic mass is 16.5. The summed E-state index contributed by atoms with van der Waals surface area (Å²) in [6.45, 7) is 2.38. The fourth-order valence-corrected chi connectivity index (χ4v) is 4.29. The number of ether oxygens (including phenoxy) is 1. The molecule has 3 aliphatic heterocycles. The summed E-state index contributed by atoms with van der Waals surface area (Å²) >= 11 is 0. The van der Waals surface area contributed by atoms with E-state index in [-0.39, 0.29) is 5.92 Å². The van der Waals surface area contributed by atoms with Crippen LogP contribution in [0.3, 0.4) is 0 Å². The minimum atomic E-state index is 0.204. The second kappa shape index (κ2) is 5.54. The molecule has 21 heavy (non-hydrogen) atoms. The fourth-order valence-electron chi connectivity index (χ4n) is 4.29. The van der Waals surface area contributed by atoms with Gasteiger partial charge in [-0.05, 0) is 31.2 Å². The molecular formula is C18H23NO2. The molecule has 0 radical (unpaired) electrons. The van der Waals surface area contributed by atoms with Crippen molar-refractivity contribution in [3.05, 3.63) is 35.9 Å². The van der Waals surface area contributed by atoms with Gasteiger partial charge in [0.1, 0.15) is 5.78 Å². The van der Waals surface area contributed by atoms with Crippen LogP contribution in [-0.4, -0.2) is 36.0 Å². The van der Waals surface area contributed by atoms with E-state index in [1.54, 1.807) is 0 Å². The normalized spacial score (nSPS) is 32.9. The maximum Gasteiger partial charge on any atom is 0.143 e. The van der Waals surface area contributed by atoms with Gasteiger partial charge in [-0.3, -0.25) is 9.69 Å². The zero-order chi connectivity index (χ0) is 14.2. The van der Waals surface area contributed by atoms with E-state index >= 15 is 0 Å². The van der Waals surface area contributed by atoms with Crippen LogP contribution in [0.15, 0.2) is 30.3 Å². The smallest absolute Gasteiger partial charge is 0.143 e. The standard InChI is InChI=1S/C18H23NO2/c20-18(15-11-21-12-15)14-8-16-6-7-17(9-14)19(16)10-13-4-2-1-3-5-13/h1-5,14-17H,6-12H2. The van der Waals surface area contributed by atoms with Crippen LogP contribution in [0.1, 0.15) is 31.2 Å². The van der Waals surface area contributed by atoms with E-state index < -0.39 is 0 Å². The van der Waals surface area contributed by atoms with Crippen molar-refractivity contribution in [3.63, 3.8) is 0 Å². The zero-order valence-corrected chi connectivity index (χ0v) is 12.4. The van der Waals surface area contributed by atoms with Gasteiger partial charge in [-0.15, -0.1) is 0 Å². The molecule has 4 rings (SSSR count). The molecule has 0 spiro atoms. The summed E-state index contributed by atoms with van der Waals surface area (Å²) in [6, 6.07) is 11.9. The van der Waals surface area contributed by atoms with Gasteiger partial charge in [0.25, 0.3) is 0 Å². The van der Waals surface area contributed by atoms with E-state index in [9.17, 15) is 4.79 Å². The predicted octanol–water partition coefficient (Wildman–Crippen LogP) is 2.65. The van der Waals surface area contributed by atoms with E-state index in [1.807, 2.05) is 0 Å². The van der Waals surface area contributed by atoms with Crippen molar-refractivity contribution in [1.82, 2.24) is 4.90 Å². The van der Waals surface area contributed by atoms with Crippen molar-refractivity contribution in [2.75, 3.05) is 13.2 Å². The van der Waals surface area contributed by atoms with E-state index in [0.29, 0.717) is 37.0 Å². The highest BCUT2D eigenvalue weighted by Gasteiger charge is 2.44. The maximum atomic E-state index is 12.5. The molecule has 3 aliphatic rings. The van der Waals surface area contributed by atoms with Crippen molar-refractivity contribution in [2.24, 2.45) is 11.8 Å². The molecule has 2 atom stereocenters. The lowest BCUT2D eigenvalue weighted by atomic mass is 9.81. The number of hydrogen-bond donors (Lipinski definition) is 0. The first-order chi connectivity index (χ1) is 10.3. The Balaban J connectivity index is 1.43. The van der Waals surface area contributed by atoms with Crippen LogP contribution in [0.5, 0.6) is 0 Å². The Morgan fingerprint density at radius 3 is 2.29 bits per heavy atom. The van der Waals surface area contributed by atoms with Crippen molar-refractivity contribution in [1.29, 1.82) is 0 Å². The van der Waals surface area contributed by atoms with E-state index in [4.69, 9.17) is 4.74 Å². The first kappa shape index (κ1) is 13.5. The largest absolute Gasteiger partial charge is 0.380 e. The summed E-state index contributed by atoms with van der Waals surface area (Å²) in [7, 11) is 0. The van der Waals surface area contributed by atoms with Crippen LogP contribution in [0.4, 0.5) is 0 Å². The van der Waals surface area contributed by atoms with Gasteiger partial charge in [0.05, 0.1) is 19.1 Å². The number of benzene rings is 1. The number of piperidine rings is 1. The van der Waals surface area contributed by atoms with Gasteiger partial charge in [-0.25, -0.2) is 0 Å². The Bertz CT molecular complexity index is 497. The van der Waals surface area contributed by atoms with Crippen LogP contribution in [0.2, 0.25) is 0 Å². The molecule has 3 saturated heterocycles. The topological polar surface area (TPSA) is 29.5 Å². The summed E-state index contributed by atoms with van der Waals surface area (Å²) in [5, 5.41) is 0. The Kier molecular flexibility index (Phi) is 3.56. The van der Waals surface area contributed by atoms with Crippen LogP contribution in [0.25, 0.3) is 0 Å². The summed E-state index contributed by atoms with van der Waals surface area (Å²) < 4.78 is 5.19. The van der Waals surface area contributed by atoms with E-state index in [2.05, 4.69) is 35.2 Å². The lowest BCUT2D eigenvalue weighted by Crippen LogP contribution is -2.47. The van der Waals surface area contributed by atoms with Gasteiger partial charge in [0, 0.05) is 24.5 Å². The third-order valence-corrected chi connectivity index (χ3v) is 5.54. The van der Waals surface area contributed by atoms with E-state index in [0.717, 1.165) is 19.4 Å². The Labute approximate surface area is 126 Å². The van der Waals surface area contributed by atoms with Gasteiger partial charge < -0.3 is 4.74 Å². The van der Waals surface area contributed by atoms with E-state index in [1.165, 1.54) is 18.4 Å². The number of carbonyl (C=O) groups excluding carboxylic acids is 1. The molecule has 3 heterocycles. The predicted molar refractivity (Wildman–Crippen MR) is 80.8 cm³/mol. The molecule has 0 N–H and O–H groups in total. The molecule has 1 aromatic carbocycles. The molecule has 0 aliphatic carbocycles. The number of carbonyl (C=O) groups is 1. The van der Waals surface area contributed by atoms with Crippen molar-refractivity contribution in [2.45, 2.75) is 44.3 Å². The fraction of sp³-hybridized carbons (Fsp3) is 0.611. The maximum absolute atomic E-state index is 12.5. The molecule has 3 heteroatoms. The second-order valence-corrected chi connectivity index (χ2v) is 6.85. The molecular weight excluding hydrogens is 262 g/mol. The highest BCUT2D eigenvalue weighted by molar-refractivity contribution is 5.84. The Morgan fingerprint density at radius 2 is 1.71 bits per heavy atom. The van der Waals surface area contributed by atoms with Crippen molar-refractivity contribution in [3.8, 4) is 0 Å². The quantitative estimate of drug-likeness (QED) is 0.852. The number of ketones is 1. The monoisotopic (exact) mass is 285 g/mol. The average Bonchev–Trinajstić information content (AvgIpc) is 2.69. The first-order valence-corrected chi connectivity index (χ1v) is 8.22. The van der Waals surface area contributed by atoms with Crippen LogP contribution in [0, 0.1) is 11.8 Å². The molecule has 0 aromatic heterocycles. The van der Waals surface area contributed by atoms with Crippen molar-refractivity contribution >= 4 is 5.78 Å². The third-order valence-electron chi connectivity index (χ3n) is 5.54. The number of nitrogens with zero attached hydrogens (tertiary/aromatic N) is 1. The number of rotatable bonds is 4. The SMILES string of the molecule is O=C(C1COC1)C1CC2CCC(C1)N2Cc1ccccc1. The van der Waals surface area contributed by atoms with Crippen LogP contribution in [-0.2, 0) is 16.1 Å². The first-order valence-electron chi connectivity index (χ1n) is 8.22. The molecule has 112 valence electrons. The lowest BCUT2D eigenvalue weighted by molar-refractivity contribution is -0.143. The summed E-state index contributed by atoms with van der Waals surface area (Å²) in [6.07, 6.45) is 4.67. The van der Waals surface area contributed by atoms with Gasteiger partial charge in [0.15, 0.2) is 0 Å². The molecule has 2 bridgehead atoms. The number of hydrogen-bond acceptors (Lipinski definition) is 3. The summed E-state index contributed by atoms with van der Waals surface area (Å²) in [5.74, 6) is 0.982. The van der Waals surface area contributed by atoms with Crippen LogP contribution >= 0.6 is 0 Å². The minimum Gasteiger partial charge on any atom is -0.380 e. The summed E-state index contributed by atoms with van der Waals surface area (Å²) in [5.41, 5.74) is 1.39. The number of fused-ring (bicyclic) bond motifs is 2. The molecule has 0 amide bonds. The lowest BCUT2D eigenvalue weighted by Gasteiger charge is -2.40. The highest BCUT2D eigenvalue weighted by Crippen LogP contribution is 2.41. The molecule has 0 saturated carbocycles. The molecule has 2 unspecified atom stereocenters. The van der Waals surface area contributed by atoms with Crippen molar-refractivity contribution < 1.29 is 9.53 Å². The van der Waals surface area contributed by atoms with Gasteiger partial charge in [-0.2, -0.15) is 0 Å². The third kappa shape index (κ3) is 2.53. The molecule has 3 fully saturated rings. The second-order valence-electron chi connectivity index (χ2n) is 6.85. The van der Waals surface area contributed by atoms with Gasteiger partial charge >= 0.3 is 0 Å². The Hall–Kier alpha value is -1.19. The zero-order valence-electron chi connectivity index (χ0n) is 12.4. The molecule has 1 aromatic rings. The van der Waals surface area contributed by atoms with Gasteiger partial charge in [-0.1, -0.05) is 30.3 Å². The minimum absolute atomic E-state index is 0.204. The summed E-state index contributed by atoms with van der Waals surface area (Å²) in [4.78, 5) is 15.1. The van der Waals surface area contributed by atoms with Gasteiger partial charge in [0.2, 0.25) is 0 Å². The van der Waals surface area contributed by atoms with Crippen LogP contribution < -0.4 is 0 Å². The average molecular weight is 285 g/mol. The number of Topliss-reactive ketones (excluding diaryl/α,β-unsaturated/α-hetero) is 1.